The van der Waals surface area contributed by atoms with Gasteiger partial charge in [0.1, 0.15) is 13.2 Å². The summed E-state index contributed by atoms with van der Waals surface area (Å²) < 4.78 is 16.8. The molecule has 0 fully saturated rings. The molecule has 0 heterocycles. The fourth-order valence-corrected chi connectivity index (χ4v) is 7.99. The SMILES string of the molecule is CC/C=C\C/C=C\C/C=C\C/C=C\C/C=C\CCCCCCCCCCCC(=O)OCC(COC(=O)CCCCCCC/C=C\CCCCC)OC(=O)CCCCCCC/C=C\CCCCCCC. The van der Waals surface area contributed by atoms with E-state index in [2.05, 4.69) is 106 Å². The minimum atomic E-state index is -0.786. The topological polar surface area (TPSA) is 78.9 Å². The zero-order valence-electron chi connectivity index (χ0n) is 45.3. The van der Waals surface area contributed by atoms with E-state index in [4.69, 9.17) is 14.2 Å². The predicted molar refractivity (Wildman–Crippen MR) is 297 cm³/mol. The Bertz CT molecular complexity index is 1330. The van der Waals surface area contributed by atoms with E-state index in [-0.39, 0.29) is 31.1 Å². The molecule has 0 amide bonds. The number of allylic oxidation sites excluding steroid dienone is 14. The van der Waals surface area contributed by atoms with Gasteiger partial charge < -0.3 is 14.2 Å². The molecule has 0 aliphatic carbocycles. The summed E-state index contributed by atoms with van der Waals surface area (Å²) in [5.74, 6) is -0.903. The molecule has 1 unspecified atom stereocenters. The minimum Gasteiger partial charge on any atom is -0.462 e. The van der Waals surface area contributed by atoms with Crippen molar-refractivity contribution in [1.29, 1.82) is 0 Å². The van der Waals surface area contributed by atoms with E-state index >= 15 is 0 Å². The summed E-state index contributed by atoms with van der Waals surface area (Å²) in [6, 6.07) is 0. The Morgan fingerprint density at radius 2 is 0.565 bits per heavy atom. The fraction of sp³-hybridized carbons (Fsp3) is 0.730. The van der Waals surface area contributed by atoms with Crippen LogP contribution in [0.15, 0.2) is 85.1 Å². The molecule has 0 rings (SSSR count). The van der Waals surface area contributed by atoms with E-state index in [1.165, 1.54) is 122 Å². The zero-order valence-corrected chi connectivity index (χ0v) is 45.3. The summed E-state index contributed by atoms with van der Waals surface area (Å²) in [5, 5.41) is 0. The molecule has 69 heavy (non-hydrogen) atoms. The van der Waals surface area contributed by atoms with E-state index in [9.17, 15) is 14.4 Å². The number of ether oxygens (including phenoxy) is 3. The van der Waals surface area contributed by atoms with Crippen LogP contribution in [0.5, 0.6) is 0 Å². The molecule has 0 bridgehead atoms. The van der Waals surface area contributed by atoms with Crippen molar-refractivity contribution in [3.63, 3.8) is 0 Å². The van der Waals surface area contributed by atoms with Crippen LogP contribution in [0.1, 0.15) is 278 Å². The van der Waals surface area contributed by atoms with Gasteiger partial charge in [0.25, 0.3) is 0 Å². The Kier molecular flexibility index (Phi) is 54.3. The number of esters is 3. The van der Waals surface area contributed by atoms with Gasteiger partial charge in [-0.2, -0.15) is 0 Å². The van der Waals surface area contributed by atoms with Crippen LogP contribution in [-0.2, 0) is 28.6 Å². The summed E-state index contributed by atoms with van der Waals surface area (Å²) in [7, 11) is 0. The Balaban J connectivity index is 4.31. The van der Waals surface area contributed by atoms with Gasteiger partial charge in [0.2, 0.25) is 0 Å². The van der Waals surface area contributed by atoms with Crippen LogP contribution in [0.3, 0.4) is 0 Å². The molecule has 396 valence electrons. The lowest BCUT2D eigenvalue weighted by Gasteiger charge is -2.18. The van der Waals surface area contributed by atoms with Crippen LogP contribution in [0.25, 0.3) is 0 Å². The van der Waals surface area contributed by atoms with Crippen LogP contribution in [0.4, 0.5) is 0 Å². The highest BCUT2D eigenvalue weighted by Gasteiger charge is 2.19. The third kappa shape index (κ3) is 55.4. The first-order chi connectivity index (χ1) is 34.0. The average Bonchev–Trinajstić information content (AvgIpc) is 3.35. The molecular formula is C63H108O6. The molecule has 0 aromatic carbocycles. The summed E-state index contributed by atoms with van der Waals surface area (Å²) in [4.78, 5) is 38.1. The lowest BCUT2D eigenvalue weighted by Crippen LogP contribution is -2.30. The van der Waals surface area contributed by atoms with Crippen molar-refractivity contribution in [2.45, 2.75) is 284 Å². The molecule has 0 saturated heterocycles. The molecule has 0 saturated carbocycles. The van der Waals surface area contributed by atoms with Crippen molar-refractivity contribution in [2.75, 3.05) is 13.2 Å². The molecule has 0 aliphatic heterocycles. The third-order valence-corrected chi connectivity index (χ3v) is 12.4. The summed E-state index contributed by atoms with van der Waals surface area (Å²) >= 11 is 0. The van der Waals surface area contributed by atoms with E-state index in [1.54, 1.807) is 0 Å². The summed E-state index contributed by atoms with van der Waals surface area (Å²) in [6.07, 6.45) is 74.3. The van der Waals surface area contributed by atoms with Gasteiger partial charge in [0, 0.05) is 19.3 Å². The summed E-state index contributed by atoms with van der Waals surface area (Å²) in [5.41, 5.74) is 0. The Morgan fingerprint density at radius 1 is 0.304 bits per heavy atom. The largest absolute Gasteiger partial charge is 0.462 e. The van der Waals surface area contributed by atoms with Gasteiger partial charge in [-0.1, -0.05) is 228 Å². The lowest BCUT2D eigenvalue weighted by atomic mass is 10.1. The molecule has 0 spiro atoms. The van der Waals surface area contributed by atoms with Gasteiger partial charge in [-0.3, -0.25) is 14.4 Å². The first kappa shape index (κ1) is 65.6. The van der Waals surface area contributed by atoms with E-state index in [0.717, 1.165) is 116 Å². The van der Waals surface area contributed by atoms with Gasteiger partial charge in [-0.15, -0.1) is 0 Å². The average molecular weight is 962 g/mol. The van der Waals surface area contributed by atoms with E-state index < -0.39 is 6.10 Å². The quantitative estimate of drug-likeness (QED) is 0.0262. The number of hydrogen-bond acceptors (Lipinski definition) is 6. The highest BCUT2D eigenvalue weighted by Crippen LogP contribution is 2.15. The van der Waals surface area contributed by atoms with Crippen molar-refractivity contribution < 1.29 is 28.6 Å². The molecule has 1 atom stereocenters. The molecule has 6 heteroatoms. The van der Waals surface area contributed by atoms with Gasteiger partial charge in [-0.25, -0.2) is 0 Å². The smallest absolute Gasteiger partial charge is 0.306 e. The highest BCUT2D eigenvalue weighted by molar-refractivity contribution is 5.71. The molecule has 0 aromatic rings. The minimum absolute atomic E-state index is 0.0851. The van der Waals surface area contributed by atoms with Gasteiger partial charge >= 0.3 is 17.9 Å². The molecule has 0 N–H and O–H groups in total. The van der Waals surface area contributed by atoms with Crippen molar-refractivity contribution in [3.05, 3.63) is 85.1 Å². The molecule has 0 aliphatic rings. The second-order valence-corrected chi connectivity index (χ2v) is 19.2. The van der Waals surface area contributed by atoms with E-state index in [1.807, 2.05) is 0 Å². The standard InChI is InChI=1S/C63H108O6/c1-4-7-10-13-16-19-22-25-27-28-29-30-31-32-33-34-35-36-37-39-41-44-47-50-53-56-62(65)68-59-60(58-67-61(64)55-52-49-46-43-40-24-21-18-15-12-9-6-3)69-63(66)57-54-51-48-45-42-38-26-23-20-17-14-11-8-5-2/h7,10,16,18-19,21,23,25-27,29-30,32-33,60H,4-6,8-9,11-15,17,20,22,24,28,31,34-59H2,1-3H3/b10-7-,19-16-,21-18-,26-23-,27-25-,30-29-,33-32-. The first-order valence-electron chi connectivity index (χ1n) is 29.1. The normalized spacial score (nSPS) is 12.7. The predicted octanol–water partition coefficient (Wildman–Crippen LogP) is 19.5. The number of hydrogen-bond donors (Lipinski definition) is 0. The first-order valence-corrected chi connectivity index (χ1v) is 29.1. The van der Waals surface area contributed by atoms with Gasteiger partial charge in [-0.05, 0) is 116 Å². The Hall–Kier alpha value is -3.41. The Morgan fingerprint density at radius 3 is 0.928 bits per heavy atom. The number of rotatable bonds is 52. The maximum absolute atomic E-state index is 12.8. The molecule has 0 aromatic heterocycles. The number of unbranched alkanes of at least 4 members (excludes halogenated alkanes) is 27. The third-order valence-electron chi connectivity index (χ3n) is 12.4. The van der Waals surface area contributed by atoms with Crippen LogP contribution < -0.4 is 0 Å². The maximum atomic E-state index is 12.8. The Labute approximate surface area is 426 Å². The molecule has 0 radical (unpaired) electrons. The van der Waals surface area contributed by atoms with Gasteiger partial charge in [0.05, 0.1) is 0 Å². The van der Waals surface area contributed by atoms with Crippen LogP contribution in [0, 0.1) is 0 Å². The molecular weight excluding hydrogens is 853 g/mol. The van der Waals surface area contributed by atoms with Gasteiger partial charge in [0.15, 0.2) is 6.10 Å². The van der Waals surface area contributed by atoms with Crippen molar-refractivity contribution in [2.24, 2.45) is 0 Å². The van der Waals surface area contributed by atoms with Crippen LogP contribution in [0.2, 0.25) is 0 Å². The van der Waals surface area contributed by atoms with Crippen molar-refractivity contribution in [3.8, 4) is 0 Å². The zero-order chi connectivity index (χ0) is 50.0. The summed E-state index contributed by atoms with van der Waals surface area (Å²) in [6.45, 7) is 6.48. The molecule has 6 nitrogen and oxygen atoms in total. The monoisotopic (exact) mass is 961 g/mol. The maximum Gasteiger partial charge on any atom is 0.306 e. The number of carbonyl (C=O) groups is 3. The van der Waals surface area contributed by atoms with Crippen molar-refractivity contribution >= 4 is 17.9 Å². The van der Waals surface area contributed by atoms with E-state index in [0.29, 0.717) is 19.3 Å². The van der Waals surface area contributed by atoms with Crippen LogP contribution >= 0.6 is 0 Å². The fourth-order valence-electron chi connectivity index (χ4n) is 7.99. The van der Waals surface area contributed by atoms with Crippen molar-refractivity contribution in [1.82, 2.24) is 0 Å². The highest BCUT2D eigenvalue weighted by atomic mass is 16.6. The number of carbonyl (C=O) groups excluding carboxylic acids is 3. The lowest BCUT2D eigenvalue weighted by molar-refractivity contribution is -0.167. The van der Waals surface area contributed by atoms with Crippen LogP contribution in [-0.4, -0.2) is 37.2 Å². The second kappa shape index (κ2) is 57.2. The second-order valence-electron chi connectivity index (χ2n) is 19.2.